The lowest BCUT2D eigenvalue weighted by atomic mass is 10.2. The summed E-state index contributed by atoms with van der Waals surface area (Å²) < 4.78 is 10.8. The lowest BCUT2D eigenvalue weighted by Gasteiger charge is -2.17. The van der Waals surface area contributed by atoms with Crippen molar-refractivity contribution in [2.75, 3.05) is 20.3 Å². The van der Waals surface area contributed by atoms with Crippen molar-refractivity contribution in [3.05, 3.63) is 29.8 Å². The molecule has 2 unspecified atom stereocenters. The molecule has 1 aromatic carbocycles. The zero-order valence-electron chi connectivity index (χ0n) is 11.5. The summed E-state index contributed by atoms with van der Waals surface area (Å²) in [7, 11) is 1.70. The average molecular weight is 265 g/mol. The predicted octanol–water partition coefficient (Wildman–Crippen LogP) is 1.71. The molecule has 1 saturated carbocycles. The van der Waals surface area contributed by atoms with Gasteiger partial charge in [-0.15, -0.1) is 0 Å². The number of aliphatic hydroxyl groups excluding tert-OH is 1. The molecule has 1 fully saturated rings. The van der Waals surface area contributed by atoms with Crippen molar-refractivity contribution in [1.29, 1.82) is 0 Å². The van der Waals surface area contributed by atoms with Crippen molar-refractivity contribution in [2.45, 2.75) is 38.0 Å². The molecule has 1 aliphatic carbocycles. The highest BCUT2D eigenvalue weighted by atomic mass is 16.5. The maximum atomic E-state index is 9.72. The minimum absolute atomic E-state index is 0.0364. The summed E-state index contributed by atoms with van der Waals surface area (Å²) in [6, 6.07) is 8.05. The van der Waals surface area contributed by atoms with Gasteiger partial charge in [0.1, 0.15) is 11.9 Å². The van der Waals surface area contributed by atoms with Gasteiger partial charge in [-0.25, -0.2) is 0 Å². The van der Waals surface area contributed by atoms with E-state index in [1.807, 2.05) is 12.1 Å². The van der Waals surface area contributed by atoms with Crippen LogP contribution in [-0.4, -0.2) is 37.6 Å². The van der Waals surface area contributed by atoms with Crippen molar-refractivity contribution in [3.63, 3.8) is 0 Å². The van der Waals surface area contributed by atoms with Crippen LogP contribution in [0, 0.1) is 0 Å². The SMILES string of the molecule is COCCNCc1ccc(OC2CCCC2O)cc1. The fourth-order valence-corrected chi connectivity index (χ4v) is 2.31. The van der Waals surface area contributed by atoms with Gasteiger partial charge in [-0.1, -0.05) is 12.1 Å². The molecule has 0 heterocycles. The monoisotopic (exact) mass is 265 g/mol. The molecule has 0 aromatic heterocycles. The van der Waals surface area contributed by atoms with Gasteiger partial charge in [0.05, 0.1) is 12.7 Å². The molecule has 1 aliphatic rings. The highest BCUT2D eigenvalue weighted by molar-refractivity contribution is 5.27. The molecule has 2 N–H and O–H groups in total. The molecule has 0 amide bonds. The second-order valence-corrected chi connectivity index (χ2v) is 4.97. The van der Waals surface area contributed by atoms with Gasteiger partial charge < -0.3 is 19.9 Å². The summed E-state index contributed by atoms with van der Waals surface area (Å²) in [6.45, 7) is 2.40. The third-order valence-electron chi connectivity index (χ3n) is 3.44. The maximum Gasteiger partial charge on any atom is 0.124 e. The molecule has 106 valence electrons. The van der Waals surface area contributed by atoms with Gasteiger partial charge in [0.2, 0.25) is 0 Å². The van der Waals surface area contributed by atoms with E-state index >= 15 is 0 Å². The summed E-state index contributed by atoms with van der Waals surface area (Å²) in [6.07, 6.45) is 2.50. The second kappa shape index (κ2) is 7.48. The fraction of sp³-hybridized carbons (Fsp3) is 0.600. The maximum absolute atomic E-state index is 9.72. The number of hydrogen-bond acceptors (Lipinski definition) is 4. The zero-order chi connectivity index (χ0) is 13.5. The van der Waals surface area contributed by atoms with E-state index in [0.29, 0.717) is 0 Å². The molecule has 19 heavy (non-hydrogen) atoms. The molecule has 0 bridgehead atoms. The van der Waals surface area contributed by atoms with Gasteiger partial charge >= 0.3 is 0 Å². The number of rotatable bonds is 7. The molecule has 0 saturated heterocycles. The van der Waals surface area contributed by atoms with Crippen LogP contribution in [0.2, 0.25) is 0 Å². The van der Waals surface area contributed by atoms with E-state index in [2.05, 4.69) is 17.4 Å². The Hall–Kier alpha value is -1.10. The Labute approximate surface area is 114 Å². The van der Waals surface area contributed by atoms with Crippen LogP contribution in [0.5, 0.6) is 5.75 Å². The van der Waals surface area contributed by atoms with Crippen LogP contribution in [0.25, 0.3) is 0 Å². The Kier molecular flexibility index (Phi) is 5.63. The molecule has 2 atom stereocenters. The number of nitrogens with one attached hydrogen (secondary N) is 1. The van der Waals surface area contributed by atoms with Crippen LogP contribution in [-0.2, 0) is 11.3 Å². The molecule has 4 nitrogen and oxygen atoms in total. The van der Waals surface area contributed by atoms with Crippen molar-refractivity contribution >= 4 is 0 Å². The predicted molar refractivity (Wildman–Crippen MR) is 74.3 cm³/mol. The van der Waals surface area contributed by atoms with Crippen LogP contribution in [0.4, 0.5) is 0 Å². The van der Waals surface area contributed by atoms with E-state index in [9.17, 15) is 5.11 Å². The Morgan fingerprint density at radius 2 is 2.05 bits per heavy atom. The second-order valence-electron chi connectivity index (χ2n) is 4.97. The Balaban J connectivity index is 1.77. The molecule has 0 spiro atoms. The third-order valence-corrected chi connectivity index (χ3v) is 3.44. The highest BCUT2D eigenvalue weighted by Gasteiger charge is 2.26. The molecule has 4 heteroatoms. The van der Waals surface area contributed by atoms with Crippen LogP contribution < -0.4 is 10.1 Å². The normalized spacial score (nSPS) is 22.6. The lowest BCUT2D eigenvalue weighted by molar-refractivity contribution is 0.0604. The van der Waals surface area contributed by atoms with Gasteiger partial charge in [-0.05, 0) is 37.0 Å². The van der Waals surface area contributed by atoms with Gasteiger partial charge in [0, 0.05) is 20.2 Å². The van der Waals surface area contributed by atoms with E-state index in [-0.39, 0.29) is 12.2 Å². The van der Waals surface area contributed by atoms with E-state index in [4.69, 9.17) is 9.47 Å². The van der Waals surface area contributed by atoms with Crippen LogP contribution >= 0.6 is 0 Å². The van der Waals surface area contributed by atoms with E-state index in [1.54, 1.807) is 7.11 Å². The van der Waals surface area contributed by atoms with Crippen LogP contribution in [0.15, 0.2) is 24.3 Å². The average Bonchev–Trinajstić information content (AvgIpc) is 2.82. The van der Waals surface area contributed by atoms with E-state index in [0.717, 1.165) is 44.7 Å². The summed E-state index contributed by atoms with van der Waals surface area (Å²) in [5.74, 6) is 0.839. The smallest absolute Gasteiger partial charge is 0.124 e. The first kappa shape index (κ1) is 14.3. The quantitative estimate of drug-likeness (QED) is 0.737. The van der Waals surface area contributed by atoms with Gasteiger partial charge in [0.15, 0.2) is 0 Å². The van der Waals surface area contributed by atoms with Crippen LogP contribution in [0.1, 0.15) is 24.8 Å². The first-order chi connectivity index (χ1) is 9.29. The lowest BCUT2D eigenvalue weighted by Crippen LogP contribution is -2.25. The van der Waals surface area contributed by atoms with Crippen molar-refractivity contribution < 1.29 is 14.6 Å². The summed E-state index contributed by atoms with van der Waals surface area (Å²) >= 11 is 0. The van der Waals surface area contributed by atoms with Crippen molar-refractivity contribution in [2.24, 2.45) is 0 Å². The number of ether oxygens (including phenoxy) is 2. The van der Waals surface area contributed by atoms with E-state index in [1.165, 1.54) is 5.56 Å². The molecule has 0 radical (unpaired) electrons. The van der Waals surface area contributed by atoms with E-state index < -0.39 is 0 Å². The molecule has 2 rings (SSSR count). The fourth-order valence-electron chi connectivity index (χ4n) is 2.31. The Bertz CT molecular complexity index is 366. The number of benzene rings is 1. The Morgan fingerprint density at radius 1 is 1.26 bits per heavy atom. The summed E-state index contributed by atoms with van der Waals surface area (Å²) in [4.78, 5) is 0. The largest absolute Gasteiger partial charge is 0.488 e. The molecule has 0 aliphatic heterocycles. The first-order valence-corrected chi connectivity index (χ1v) is 6.93. The Morgan fingerprint density at radius 3 is 2.68 bits per heavy atom. The minimum Gasteiger partial charge on any atom is -0.488 e. The molecule has 1 aromatic rings. The van der Waals surface area contributed by atoms with Crippen molar-refractivity contribution in [3.8, 4) is 5.75 Å². The minimum atomic E-state index is -0.310. The van der Waals surface area contributed by atoms with Gasteiger partial charge in [-0.2, -0.15) is 0 Å². The topological polar surface area (TPSA) is 50.7 Å². The number of methoxy groups -OCH3 is 1. The standard InChI is InChI=1S/C15H23NO3/c1-18-10-9-16-11-12-5-7-13(8-6-12)19-15-4-2-3-14(15)17/h5-8,14-17H,2-4,9-11H2,1H3. The summed E-state index contributed by atoms with van der Waals surface area (Å²) in [5, 5.41) is 13.0. The first-order valence-electron chi connectivity index (χ1n) is 6.93. The van der Waals surface area contributed by atoms with Crippen LogP contribution in [0.3, 0.4) is 0 Å². The summed E-state index contributed by atoms with van der Waals surface area (Å²) in [5.41, 5.74) is 1.22. The van der Waals surface area contributed by atoms with Crippen molar-refractivity contribution in [1.82, 2.24) is 5.32 Å². The number of hydrogen-bond donors (Lipinski definition) is 2. The highest BCUT2D eigenvalue weighted by Crippen LogP contribution is 2.24. The zero-order valence-corrected chi connectivity index (χ0v) is 11.5. The van der Waals surface area contributed by atoms with Gasteiger partial charge in [0.25, 0.3) is 0 Å². The molecular weight excluding hydrogens is 242 g/mol. The third kappa shape index (κ3) is 4.49. The molecular formula is C15H23NO3. The number of aliphatic hydroxyl groups is 1. The van der Waals surface area contributed by atoms with Gasteiger partial charge in [-0.3, -0.25) is 0 Å².